The molecule has 1 heterocycles. The Kier molecular flexibility index (Phi) is 7.10. The Morgan fingerprint density at radius 1 is 0.943 bits per heavy atom. The van der Waals surface area contributed by atoms with Crippen LogP contribution in [0.4, 0.5) is 11.4 Å². The van der Waals surface area contributed by atoms with Gasteiger partial charge in [-0.15, -0.1) is 0 Å². The average molecular weight is 511 g/mol. The summed E-state index contributed by atoms with van der Waals surface area (Å²) in [4.78, 5) is 39.3. The Morgan fingerprint density at radius 3 is 2.34 bits per heavy atom. The Balaban J connectivity index is 1.52. The number of ether oxygens (including phenoxy) is 2. The first-order chi connectivity index (χ1) is 16.8. The molecule has 1 aliphatic heterocycles. The lowest BCUT2D eigenvalue weighted by molar-refractivity contribution is -0.120. The van der Waals surface area contributed by atoms with Gasteiger partial charge >= 0.3 is 5.97 Å². The van der Waals surface area contributed by atoms with E-state index in [4.69, 9.17) is 32.7 Å². The van der Waals surface area contributed by atoms with E-state index in [0.717, 1.165) is 16.9 Å². The van der Waals surface area contributed by atoms with Gasteiger partial charge in [0, 0.05) is 10.7 Å². The van der Waals surface area contributed by atoms with Gasteiger partial charge in [0.1, 0.15) is 22.2 Å². The molecule has 1 N–H and O–H groups in total. The molecule has 0 fully saturated rings. The van der Waals surface area contributed by atoms with Crippen molar-refractivity contribution in [2.75, 3.05) is 17.3 Å². The number of carbonyl (C=O) groups excluding carboxylic acids is 3. The van der Waals surface area contributed by atoms with Crippen LogP contribution in [0.3, 0.4) is 0 Å². The Morgan fingerprint density at radius 2 is 1.66 bits per heavy atom. The molecule has 0 bridgehead atoms. The zero-order chi connectivity index (χ0) is 25.1. The number of nitrogens with zero attached hydrogens (tertiary/aromatic N) is 1. The van der Waals surface area contributed by atoms with Crippen LogP contribution >= 0.6 is 23.2 Å². The average Bonchev–Trinajstić information content (AvgIpc) is 3.07. The number of carbonyl (C=O) groups is 3. The number of hydrogen-bond donors (Lipinski definition) is 1. The SMILES string of the molecule is CCc1ccccc1OC(=O)c1ccc(NC2=C(Cl)C(=O)N(c3cc(Cl)ccc3OC)C2=O)cc1. The van der Waals surface area contributed by atoms with Crippen LogP contribution < -0.4 is 19.7 Å². The van der Waals surface area contributed by atoms with Gasteiger partial charge in [-0.1, -0.05) is 48.3 Å². The lowest BCUT2D eigenvalue weighted by atomic mass is 10.1. The Labute approximate surface area is 211 Å². The van der Waals surface area contributed by atoms with Crippen molar-refractivity contribution in [1.29, 1.82) is 0 Å². The highest BCUT2D eigenvalue weighted by molar-refractivity contribution is 6.53. The van der Waals surface area contributed by atoms with Crippen LogP contribution in [0.2, 0.25) is 5.02 Å². The molecule has 2 amide bonds. The number of aryl methyl sites for hydroxylation is 1. The quantitative estimate of drug-likeness (QED) is 0.254. The van der Waals surface area contributed by atoms with Crippen LogP contribution in [0.5, 0.6) is 11.5 Å². The van der Waals surface area contributed by atoms with Gasteiger partial charge in [-0.2, -0.15) is 0 Å². The van der Waals surface area contributed by atoms with Crippen molar-refractivity contribution < 1.29 is 23.9 Å². The summed E-state index contributed by atoms with van der Waals surface area (Å²) >= 11 is 12.3. The number of halogens is 2. The van der Waals surface area contributed by atoms with Crippen molar-refractivity contribution in [3.63, 3.8) is 0 Å². The topological polar surface area (TPSA) is 84.9 Å². The number of anilines is 2. The predicted molar refractivity (Wildman–Crippen MR) is 134 cm³/mol. The highest BCUT2D eigenvalue weighted by Gasteiger charge is 2.40. The minimum atomic E-state index is -0.713. The van der Waals surface area contributed by atoms with Crippen molar-refractivity contribution in [2.45, 2.75) is 13.3 Å². The summed E-state index contributed by atoms with van der Waals surface area (Å²) in [6.45, 7) is 1.98. The number of para-hydroxylation sites is 1. The summed E-state index contributed by atoms with van der Waals surface area (Å²) in [5, 5.41) is 2.91. The molecule has 0 spiro atoms. The van der Waals surface area contributed by atoms with Crippen LogP contribution in [0.1, 0.15) is 22.8 Å². The zero-order valence-electron chi connectivity index (χ0n) is 18.8. The summed E-state index contributed by atoms with van der Waals surface area (Å²) in [5.74, 6) is -1.10. The Hall–Kier alpha value is -3.81. The number of amides is 2. The molecule has 0 aromatic heterocycles. The summed E-state index contributed by atoms with van der Waals surface area (Å²) in [6, 6.07) is 18.2. The van der Waals surface area contributed by atoms with Crippen LogP contribution in [-0.4, -0.2) is 24.9 Å². The third kappa shape index (κ3) is 4.87. The largest absolute Gasteiger partial charge is 0.495 e. The molecule has 0 saturated heterocycles. The lowest BCUT2D eigenvalue weighted by Gasteiger charge is -2.18. The van der Waals surface area contributed by atoms with E-state index in [1.54, 1.807) is 48.5 Å². The lowest BCUT2D eigenvalue weighted by Crippen LogP contribution is -2.32. The van der Waals surface area contributed by atoms with E-state index in [1.165, 1.54) is 13.2 Å². The molecular weight excluding hydrogens is 491 g/mol. The highest BCUT2D eigenvalue weighted by Crippen LogP contribution is 2.37. The van der Waals surface area contributed by atoms with Gasteiger partial charge in [0.25, 0.3) is 11.8 Å². The van der Waals surface area contributed by atoms with Crippen molar-refractivity contribution in [1.82, 2.24) is 0 Å². The molecule has 0 aliphatic carbocycles. The molecule has 178 valence electrons. The van der Waals surface area contributed by atoms with E-state index in [9.17, 15) is 14.4 Å². The van der Waals surface area contributed by atoms with E-state index in [2.05, 4.69) is 5.32 Å². The monoisotopic (exact) mass is 510 g/mol. The van der Waals surface area contributed by atoms with Crippen molar-refractivity contribution in [3.05, 3.63) is 93.6 Å². The van der Waals surface area contributed by atoms with E-state index < -0.39 is 17.8 Å². The molecule has 3 aromatic rings. The standard InChI is InChI=1S/C26H20Cl2N2O5/c1-3-15-6-4-5-7-20(15)35-26(33)16-8-11-18(12-9-16)29-23-22(28)24(31)30(25(23)32)19-14-17(27)10-13-21(19)34-2/h4-14,29H,3H2,1-2H3. The summed E-state index contributed by atoms with van der Waals surface area (Å²) in [5.41, 5.74) is 1.76. The second kappa shape index (κ2) is 10.2. The molecule has 9 heteroatoms. The fourth-order valence-electron chi connectivity index (χ4n) is 3.56. The summed E-state index contributed by atoms with van der Waals surface area (Å²) < 4.78 is 10.8. The fraction of sp³-hybridized carbons (Fsp3) is 0.115. The molecule has 0 saturated carbocycles. The van der Waals surface area contributed by atoms with Crippen molar-refractivity contribution >= 4 is 52.4 Å². The maximum atomic E-state index is 13.1. The van der Waals surface area contributed by atoms with Crippen LogP contribution in [0.25, 0.3) is 0 Å². The van der Waals surface area contributed by atoms with Crippen LogP contribution in [-0.2, 0) is 16.0 Å². The summed E-state index contributed by atoms with van der Waals surface area (Å²) in [6.07, 6.45) is 0.729. The van der Waals surface area contributed by atoms with Gasteiger partial charge in [0.2, 0.25) is 0 Å². The molecular formula is C26H20Cl2N2O5. The highest BCUT2D eigenvalue weighted by atomic mass is 35.5. The maximum absolute atomic E-state index is 13.1. The molecule has 4 rings (SSSR count). The van der Waals surface area contributed by atoms with E-state index in [0.29, 0.717) is 22.0 Å². The van der Waals surface area contributed by atoms with Crippen LogP contribution in [0, 0.1) is 0 Å². The molecule has 0 atom stereocenters. The number of hydrogen-bond acceptors (Lipinski definition) is 6. The van der Waals surface area contributed by atoms with Gasteiger partial charge < -0.3 is 14.8 Å². The fourth-order valence-corrected chi connectivity index (χ4v) is 3.94. The van der Waals surface area contributed by atoms with Gasteiger partial charge in [0.05, 0.1) is 18.4 Å². The van der Waals surface area contributed by atoms with Crippen LogP contribution in [0.15, 0.2) is 77.5 Å². The zero-order valence-corrected chi connectivity index (χ0v) is 20.3. The van der Waals surface area contributed by atoms with Gasteiger partial charge in [-0.25, -0.2) is 9.69 Å². The molecule has 3 aromatic carbocycles. The minimum absolute atomic E-state index is 0.106. The summed E-state index contributed by atoms with van der Waals surface area (Å²) in [7, 11) is 1.42. The number of nitrogens with one attached hydrogen (secondary N) is 1. The van der Waals surface area contributed by atoms with E-state index in [-0.39, 0.29) is 22.2 Å². The molecule has 0 radical (unpaired) electrons. The molecule has 7 nitrogen and oxygen atoms in total. The predicted octanol–water partition coefficient (Wildman–Crippen LogP) is 5.57. The van der Waals surface area contributed by atoms with Crippen molar-refractivity contribution in [2.24, 2.45) is 0 Å². The number of esters is 1. The molecule has 0 unspecified atom stereocenters. The second-order valence-corrected chi connectivity index (χ2v) is 8.32. The first kappa shape index (κ1) is 24.3. The van der Waals surface area contributed by atoms with E-state index in [1.807, 2.05) is 19.1 Å². The van der Waals surface area contributed by atoms with Gasteiger partial charge in [-0.3, -0.25) is 9.59 Å². The first-order valence-corrected chi connectivity index (χ1v) is 11.4. The van der Waals surface area contributed by atoms with Gasteiger partial charge in [-0.05, 0) is 60.5 Å². The third-order valence-electron chi connectivity index (χ3n) is 5.36. The maximum Gasteiger partial charge on any atom is 0.343 e. The normalized spacial score (nSPS) is 13.3. The number of imide groups is 1. The number of rotatable bonds is 7. The van der Waals surface area contributed by atoms with Gasteiger partial charge in [0.15, 0.2) is 0 Å². The number of benzene rings is 3. The van der Waals surface area contributed by atoms with Crippen molar-refractivity contribution in [3.8, 4) is 11.5 Å². The molecule has 35 heavy (non-hydrogen) atoms. The smallest absolute Gasteiger partial charge is 0.343 e. The first-order valence-electron chi connectivity index (χ1n) is 10.6. The molecule has 1 aliphatic rings. The Bertz CT molecular complexity index is 1350. The number of methoxy groups -OCH3 is 1. The van der Waals surface area contributed by atoms with E-state index >= 15 is 0 Å². The third-order valence-corrected chi connectivity index (χ3v) is 5.94. The second-order valence-electron chi connectivity index (χ2n) is 7.50. The minimum Gasteiger partial charge on any atom is -0.495 e.